The number of hydrogen-bond donors (Lipinski definition) is 3. The topological polar surface area (TPSA) is 104 Å². The molecule has 1 aromatic carbocycles. The smallest absolute Gasteiger partial charge is 0.260 e. The van der Waals surface area contributed by atoms with E-state index in [1.807, 2.05) is 18.3 Å². The summed E-state index contributed by atoms with van der Waals surface area (Å²) in [6.45, 7) is 6.64. The monoisotopic (exact) mass is 545 g/mol. The molecule has 2 aromatic rings. The van der Waals surface area contributed by atoms with Gasteiger partial charge in [-0.15, -0.1) is 0 Å². The molecule has 0 saturated heterocycles. The predicted molar refractivity (Wildman–Crippen MR) is 156 cm³/mol. The number of amides is 1. The molecule has 0 spiro atoms. The fourth-order valence-corrected chi connectivity index (χ4v) is 9.14. The molecule has 214 valence electrons. The number of carbonyl (C=O) groups is 2. The summed E-state index contributed by atoms with van der Waals surface area (Å²) in [5, 5.41) is 19.9. The highest BCUT2D eigenvalue weighted by atomic mass is 16.6. The summed E-state index contributed by atoms with van der Waals surface area (Å²) < 4.78 is 0. The minimum absolute atomic E-state index is 0.0555. The fourth-order valence-electron chi connectivity index (χ4n) is 9.14. The third-order valence-corrected chi connectivity index (χ3v) is 11.5. The molecule has 7 nitrogen and oxygen atoms in total. The van der Waals surface area contributed by atoms with Gasteiger partial charge in [0, 0.05) is 29.1 Å². The summed E-state index contributed by atoms with van der Waals surface area (Å²) in [6, 6.07) is 8.17. The fraction of sp³-hybridized carbons (Fsp3) is 0.606. The minimum atomic E-state index is -1.16. The molecular weight excluding hydrogens is 502 g/mol. The lowest BCUT2D eigenvalue weighted by molar-refractivity contribution is -0.159. The summed E-state index contributed by atoms with van der Waals surface area (Å²) in [6.07, 6.45) is 12.5. The number of nitrogens with one attached hydrogen (secondary N) is 2. The van der Waals surface area contributed by atoms with Gasteiger partial charge in [0.2, 0.25) is 0 Å². The first-order valence-electron chi connectivity index (χ1n) is 15.1. The summed E-state index contributed by atoms with van der Waals surface area (Å²) in [5.74, 6) is 1.32. The van der Waals surface area contributed by atoms with Gasteiger partial charge in [-0.05, 0) is 106 Å². The maximum absolute atomic E-state index is 12.5. The van der Waals surface area contributed by atoms with Crippen molar-refractivity contribution in [3.63, 3.8) is 0 Å². The Morgan fingerprint density at radius 2 is 1.90 bits per heavy atom. The van der Waals surface area contributed by atoms with Crippen LogP contribution in [0.5, 0.6) is 0 Å². The van der Waals surface area contributed by atoms with Gasteiger partial charge in [0.15, 0.2) is 12.4 Å². The van der Waals surface area contributed by atoms with E-state index in [1.165, 1.54) is 16.5 Å². The zero-order valence-corrected chi connectivity index (χ0v) is 24.1. The molecular formula is C33H43N3O4. The van der Waals surface area contributed by atoms with Crippen molar-refractivity contribution in [2.24, 2.45) is 33.7 Å². The van der Waals surface area contributed by atoms with Crippen molar-refractivity contribution in [1.82, 2.24) is 10.3 Å². The number of aromatic amines is 1. The van der Waals surface area contributed by atoms with Crippen molar-refractivity contribution in [1.29, 1.82) is 0 Å². The third-order valence-electron chi connectivity index (χ3n) is 11.5. The highest BCUT2D eigenvalue weighted by Crippen LogP contribution is 2.67. The molecule has 0 aliphatic heterocycles. The number of carbonyl (C=O) groups excluding carboxylic acids is 2. The van der Waals surface area contributed by atoms with Crippen molar-refractivity contribution < 1.29 is 19.5 Å². The van der Waals surface area contributed by atoms with E-state index in [9.17, 15) is 14.7 Å². The average Bonchev–Trinajstić information content (AvgIpc) is 3.47. The second kappa shape index (κ2) is 10.2. The van der Waals surface area contributed by atoms with Crippen molar-refractivity contribution in [3.05, 3.63) is 47.7 Å². The van der Waals surface area contributed by atoms with Gasteiger partial charge in [-0.2, -0.15) is 0 Å². The highest BCUT2D eigenvalue weighted by molar-refractivity contribution is 5.96. The first-order chi connectivity index (χ1) is 19.2. The molecule has 0 radical (unpaired) electrons. The number of allylic oxidation sites excluding steroid dienone is 2. The van der Waals surface area contributed by atoms with E-state index in [-0.39, 0.29) is 29.1 Å². The van der Waals surface area contributed by atoms with Crippen LogP contribution in [0.2, 0.25) is 0 Å². The molecule has 6 atom stereocenters. The van der Waals surface area contributed by atoms with Gasteiger partial charge in [0.1, 0.15) is 5.60 Å². The van der Waals surface area contributed by atoms with Crippen LogP contribution in [0.3, 0.4) is 0 Å². The molecule has 1 amide bonds. The first kappa shape index (κ1) is 27.3. The van der Waals surface area contributed by atoms with Crippen LogP contribution in [0.15, 0.2) is 47.3 Å². The molecule has 40 heavy (non-hydrogen) atoms. The number of rotatable bonds is 7. The van der Waals surface area contributed by atoms with Crippen LogP contribution in [0.4, 0.5) is 0 Å². The summed E-state index contributed by atoms with van der Waals surface area (Å²) in [7, 11) is 0. The van der Waals surface area contributed by atoms with Crippen LogP contribution in [0.1, 0.15) is 77.7 Å². The van der Waals surface area contributed by atoms with Gasteiger partial charge in [-0.3, -0.25) is 9.59 Å². The minimum Gasteiger partial charge on any atom is -0.385 e. The number of benzene rings is 1. The Kier molecular flexibility index (Phi) is 6.92. The van der Waals surface area contributed by atoms with Crippen LogP contribution in [0, 0.1) is 28.6 Å². The van der Waals surface area contributed by atoms with Gasteiger partial charge in [0.05, 0.1) is 5.71 Å². The Bertz CT molecular complexity index is 1380. The summed E-state index contributed by atoms with van der Waals surface area (Å²) in [5.41, 5.74) is 3.33. The largest absolute Gasteiger partial charge is 0.385 e. The SMILES string of the molecule is CC(=O)[C@@]1(O)CCC2C3CCC4=C/C(=N\OCC(=O)NCCc5c[nH]c6ccccc56)CC[C@]4(C)C3CC[C@@]21C. The molecule has 4 aliphatic rings. The van der Waals surface area contributed by atoms with E-state index in [4.69, 9.17) is 4.84 Å². The number of hydrogen-bond acceptors (Lipinski definition) is 5. The van der Waals surface area contributed by atoms with Crippen molar-refractivity contribution >= 4 is 28.3 Å². The number of nitrogens with zero attached hydrogens (tertiary/aromatic N) is 1. The van der Waals surface area contributed by atoms with Crippen molar-refractivity contribution in [2.45, 2.75) is 84.2 Å². The molecule has 1 heterocycles. The number of oxime groups is 1. The Labute approximate surface area is 236 Å². The number of fused-ring (bicyclic) bond motifs is 6. The normalized spacial score (nSPS) is 36.0. The maximum atomic E-state index is 12.5. The van der Waals surface area contributed by atoms with Gasteiger partial charge in [-0.25, -0.2) is 0 Å². The lowest BCUT2D eigenvalue weighted by atomic mass is 9.46. The van der Waals surface area contributed by atoms with E-state index in [0.717, 1.165) is 62.6 Å². The molecule has 0 bridgehead atoms. The van der Waals surface area contributed by atoms with Crippen LogP contribution in [-0.4, -0.2) is 46.2 Å². The Balaban J connectivity index is 1.04. The standard InChI is InChI=1S/C33H43N3O4/c1-21(37)33(39)16-12-28-26-9-8-23-18-24(10-14-31(23,2)27(26)11-15-32(28,33)3)36-40-20-30(38)34-17-13-22-19-35-29-7-5-4-6-25(22)29/h4-7,18-19,26-28,35,39H,8-17,20H2,1-3H3,(H,34,38)/b36-24-/t26?,27?,28?,31-,32-,33-/m0/s1. The van der Waals surface area contributed by atoms with Crippen LogP contribution in [-0.2, 0) is 20.8 Å². The van der Waals surface area contributed by atoms with Gasteiger partial charge >= 0.3 is 0 Å². The molecule has 7 heteroatoms. The average molecular weight is 546 g/mol. The Morgan fingerprint density at radius 1 is 1.10 bits per heavy atom. The molecule has 3 fully saturated rings. The van der Waals surface area contributed by atoms with Gasteiger partial charge < -0.3 is 20.2 Å². The van der Waals surface area contributed by atoms with E-state index in [1.54, 1.807) is 6.92 Å². The zero-order valence-electron chi connectivity index (χ0n) is 24.1. The maximum Gasteiger partial charge on any atom is 0.260 e. The second-order valence-electron chi connectivity index (χ2n) is 13.2. The lowest BCUT2D eigenvalue weighted by Crippen LogP contribution is -2.57. The molecule has 3 saturated carbocycles. The summed E-state index contributed by atoms with van der Waals surface area (Å²) in [4.78, 5) is 33.6. The number of para-hydroxylation sites is 1. The third kappa shape index (κ3) is 4.32. The summed E-state index contributed by atoms with van der Waals surface area (Å²) >= 11 is 0. The van der Waals surface area contributed by atoms with Crippen molar-refractivity contribution in [3.8, 4) is 0 Å². The molecule has 1 aromatic heterocycles. The van der Waals surface area contributed by atoms with E-state index < -0.39 is 5.60 Å². The van der Waals surface area contributed by atoms with E-state index >= 15 is 0 Å². The second-order valence-corrected chi connectivity index (χ2v) is 13.2. The Hall–Kier alpha value is -2.93. The van der Waals surface area contributed by atoms with Crippen LogP contribution >= 0.6 is 0 Å². The zero-order chi connectivity index (χ0) is 28.1. The molecule has 4 aliphatic carbocycles. The quantitative estimate of drug-likeness (QED) is 0.401. The van der Waals surface area contributed by atoms with Gasteiger partial charge in [-0.1, -0.05) is 42.8 Å². The molecule has 6 rings (SSSR count). The number of H-pyrrole nitrogens is 1. The Morgan fingerprint density at radius 3 is 2.73 bits per heavy atom. The number of ketones is 1. The van der Waals surface area contributed by atoms with Crippen molar-refractivity contribution in [2.75, 3.05) is 13.2 Å². The molecule has 3 N–H and O–H groups in total. The highest BCUT2D eigenvalue weighted by Gasteiger charge is 2.65. The number of aromatic nitrogens is 1. The van der Waals surface area contributed by atoms with E-state index in [2.05, 4.69) is 47.5 Å². The molecule has 3 unspecified atom stereocenters. The first-order valence-corrected chi connectivity index (χ1v) is 15.1. The van der Waals surface area contributed by atoms with E-state index in [0.29, 0.717) is 30.7 Å². The number of Topliss-reactive ketones (excluding diaryl/α,β-unsaturated/α-hetero) is 1. The predicted octanol–water partition coefficient (Wildman–Crippen LogP) is 5.48. The van der Waals surface area contributed by atoms with Crippen LogP contribution in [0.25, 0.3) is 10.9 Å². The lowest BCUT2D eigenvalue weighted by Gasteiger charge is -2.59. The van der Waals surface area contributed by atoms with Gasteiger partial charge in [0.25, 0.3) is 5.91 Å². The van der Waals surface area contributed by atoms with Crippen LogP contribution < -0.4 is 5.32 Å². The number of aliphatic hydroxyl groups is 1.